The predicted octanol–water partition coefficient (Wildman–Crippen LogP) is 4.14. The second-order valence-corrected chi connectivity index (χ2v) is 6.91. The van der Waals surface area contributed by atoms with Gasteiger partial charge in [-0.05, 0) is 50.0 Å². The monoisotopic (exact) mass is 410 g/mol. The highest BCUT2D eigenvalue weighted by Gasteiger charge is 2.17. The number of nitrogens with zero attached hydrogens (tertiary/aromatic N) is 1. The van der Waals surface area contributed by atoms with E-state index in [1.54, 1.807) is 25.3 Å². The second-order valence-electron chi connectivity index (χ2n) is 5.59. The zero-order valence-corrected chi connectivity index (χ0v) is 16.2. The molecule has 0 bridgehead atoms. The number of rotatable bonds is 6. The predicted molar refractivity (Wildman–Crippen MR) is 101 cm³/mol. The Labute approximate surface area is 155 Å². The minimum Gasteiger partial charge on any atom is -0.497 e. The van der Waals surface area contributed by atoms with Crippen LogP contribution in [0.3, 0.4) is 0 Å². The molecule has 0 aliphatic carbocycles. The Balaban J connectivity index is 2.14. The summed E-state index contributed by atoms with van der Waals surface area (Å²) in [6.45, 7) is 0.460. The van der Waals surface area contributed by atoms with E-state index in [0.717, 1.165) is 15.8 Å². The van der Waals surface area contributed by atoms with E-state index in [0.29, 0.717) is 17.1 Å². The number of hydrogen-bond donors (Lipinski definition) is 1. The largest absolute Gasteiger partial charge is 0.497 e. The van der Waals surface area contributed by atoms with E-state index in [2.05, 4.69) is 26.1 Å². The number of likely N-dealkylation sites (N-methyl/N-ethyl adjacent to an activating group) is 1. The number of halogens is 2. The molecular formula is C18H20BrClN2O2. The Hall–Kier alpha value is -1.56. The van der Waals surface area contributed by atoms with E-state index < -0.39 is 0 Å². The SMILES string of the molecule is COc1cccc(C(CNC(=O)c2cc(Br)ccc2Cl)N(C)C)c1. The lowest BCUT2D eigenvalue weighted by molar-refractivity contribution is 0.0942. The number of hydrogen-bond acceptors (Lipinski definition) is 3. The van der Waals surface area contributed by atoms with Gasteiger partial charge < -0.3 is 15.0 Å². The number of amides is 1. The third kappa shape index (κ3) is 4.72. The van der Waals surface area contributed by atoms with Crippen molar-refractivity contribution in [1.82, 2.24) is 10.2 Å². The summed E-state index contributed by atoms with van der Waals surface area (Å²) >= 11 is 9.48. The second kappa shape index (κ2) is 8.51. The average Bonchev–Trinajstić information content (AvgIpc) is 2.57. The Morgan fingerprint density at radius 2 is 2.04 bits per heavy atom. The summed E-state index contributed by atoms with van der Waals surface area (Å²) in [6, 6.07) is 13.1. The maximum Gasteiger partial charge on any atom is 0.252 e. The summed E-state index contributed by atoms with van der Waals surface area (Å²) in [6.07, 6.45) is 0. The van der Waals surface area contributed by atoms with Gasteiger partial charge in [0, 0.05) is 11.0 Å². The molecule has 0 aliphatic rings. The quantitative estimate of drug-likeness (QED) is 0.776. The molecule has 6 heteroatoms. The van der Waals surface area contributed by atoms with E-state index in [9.17, 15) is 4.79 Å². The van der Waals surface area contributed by atoms with Crippen LogP contribution < -0.4 is 10.1 Å². The highest BCUT2D eigenvalue weighted by molar-refractivity contribution is 9.10. The van der Waals surface area contributed by atoms with Crippen LogP contribution in [0.2, 0.25) is 5.02 Å². The zero-order valence-electron chi connectivity index (χ0n) is 13.8. The fourth-order valence-electron chi connectivity index (χ4n) is 2.40. The molecule has 24 heavy (non-hydrogen) atoms. The van der Waals surface area contributed by atoms with E-state index >= 15 is 0 Å². The molecule has 0 fully saturated rings. The highest BCUT2D eigenvalue weighted by Crippen LogP contribution is 2.23. The van der Waals surface area contributed by atoms with Gasteiger partial charge in [0.25, 0.3) is 5.91 Å². The smallest absolute Gasteiger partial charge is 0.252 e. The highest BCUT2D eigenvalue weighted by atomic mass is 79.9. The summed E-state index contributed by atoms with van der Waals surface area (Å²) in [4.78, 5) is 14.5. The Kier molecular flexibility index (Phi) is 6.66. The van der Waals surface area contributed by atoms with Gasteiger partial charge in [0.15, 0.2) is 0 Å². The number of methoxy groups -OCH3 is 1. The molecule has 0 aliphatic heterocycles. The minimum absolute atomic E-state index is 0.0231. The number of carbonyl (C=O) groups excluding carboxylic acids is 1. The van der Waals surface area contributed by atoms with Gasteiger partial charge in [0.05, 0.1) is 23.7 Å². The first kappa shape index (κ1) is 18.8. The van der Waals surface area contributed by atoms with Crippen molar-refractivity contribution in [2.24, 2.45) is 0 Å². The van der Waals surface area contributed by atoms with Crippen LogP contribution in [0.4, 0.5) is 0 Å². The third-order valence-electron chi connectivity index (χ3n) is 3.73. The van der Waals surface area contributed by atoms with Gasteiger partial charge in [-0.2, -0.15) is 0 Å². The van der Waals surface area contributed by atoms with E-state index in [1.165, 1.54) is 0 Å². The molecule has 0 aromatic heterocycles. The minimum atomic E-state index is -0.198. The van der Waals surface area contributed by atoms with Crippen molar-refractivity contribution in [3.63, 3.8) is 0 Å². The average molecular weight is 412 g/mol. The molecule has 1 unspecified atom stereocenters. The molecule has 0 heterocycles. The molecule has 1 amide bonds. The van der Waals surface area contributed by atoms with Crippen LogP contribution in [0.1, 0.15) is 22.0 Å². The molecule has 0 radical (unpaired) electrons. The zero-order chi connectivity index (χ0) is 17.7. The van der Waals surface area contributed by atoms with Crippen molar-refractivity contribution >= 4 is 33.4 Å². The number of ether oxygens (including phenoxy) is 1. The van der Waals surface area contributed by atoms with Gasteiger partial charge in [0.2, 0.25) is 0 Å². The van der Waals surface area contributed by atoms with Crippen LogP contribution in [0.5, 0.6) is 5.75 Å². The first-order valence-corrected chi connectivity index (χ1v) is 8.63. The van der Waals surface area contributed by atoms with Gasteiger partial charge in [-0.25, -0.2) is 0 Å². The van der Waals surface area contributed by atoms with Gasteiger partial charge >= 0.3 is 0 Å². The van der Waals surface area contributed by atoms with Crippen LogP contribution in [0.25, 0.3) is 0 Å². The molecule has 1 atom stereocenters. The van der Waals surface area contributed by atoms with Gasteiger partial charge in [-0.15, -0.1) is 0 Å². The summed E-state index contributed by atoms with van der Waals surface area (Å²) in [5.74, 6) is 0.594. The molecule has 2 aromatic rings. The van der Waals surface area contributed by atoms with Crippen LogP contribution in [0.15, 0.2) is 46.9 Å². The number of benzene rings is 2. The maximum atomic E-state index is 12.4. The molecule has 0 saturated heterocycles. The van der Waals surface area contributed by atoms with Crippen molar-refractivity contribution in [3.8, 4) is 5.75 Å². The van der Waals surface area contributed by atoms with E-state index in [-0.39, 0.29) is 11.9 Å². The van der Waals surface area contributed by atoms with Crippen molar-refractivity contribution in [1.29, 1.82) is 0 Å². The molecule has 1 N–H and O–H groups in total. The normalized spacial score (nSPS) is 12.1. The summed E-state index contributed by atoms with van der Waals surface area (Å²) in [7, 11) is 5.59. The topological polar surface area (TPSA) is 41.6 Å². The van der Waals surface area contributed by atoms with Crippen molar-refractivity contribution in [3.05, 3.63) is 63.1 Å². The molecular weight excluding hydrogens is 392 g/mol. The lowest BCUT2D eigenvalue weighted by atomic mass is 10.1. The first-order valence-electron chi connectivity index (χ1n) is 7.46. The first-order chi connectivity index (χ1) is 11.4. The standard InChI is InChI=1S/C18H20BrClN2O2/c1-22(2)17(12-5-4-6-14(9-12)24-3)11-21-18(23)15-10-13(19)7-8-16(15)20/h4-10,17H,11H2,1-3H3,(H,21,23). The molecule has 0 saturated carbocycles. The fourth-order valence-corrected chi connectivity index (χ4v) is 2.97. The molecule has 0 spiro atoms. The Morgan fingerprint density at radius 3 is 2.71 bits per heavy atom. The van der Waals surface area contributed by atoms with Crippen LogP contribution in [0, 0.1) is 0 Å². The van der Waals surface area contributed by atoms with Gasteiger partial charge in [0.1, 0.15) is 5.75 Å². The van der Waals surface area contributed by atoms with Crippen LogP contribution >= 0.6 is 27.5 Å². The molecule has 2 rings (SSSR count). The summed E-state index contributed by atoms with van der Waals surface area (Å²) in [5.41, 5.74) is 1.52. The Morgan fingerprint density at radius 1 is 1.29 bits per heavy atom. The van der Waals surface area contributed by atoms with E-state index in [1.807, 2.05) is 38.4 Å². The van der Waals surface area contributed by atoms with Crippen LogP contribution in [-0.2, 0) is 0 Å². The molecule has 4 nitrogen and oxygen atoms in total. The number of carbonyl (C=O) groups is 1. The maximum absolute atomic E-state index is 12.4. The fraction of sp³-hybridized carbons (Fsp3) is 0.278. The lowest BCUT2D eigenvalue weighted by Crippen LogP contribution is -2.34. The Bertz CT molecular complexity index is 722. The van der Waals surface area contributed by atoms with E-state index in [4.69, 9.17) is 16.3 Å². The van der Waals surface area contributed by atoms with Gasteiger partial charge in [-0.3, -0.25) is 4.79 Å². The van der Waals surface area contributed by atoms with Gasteiger partial charge in [-0.1, -0.05) is 39.7 Å². The third-order valence-corrected chi connectivity index (χ3v) is 4.55. The van der Waals surface area contributed by atoms with Crippen LogP contribution in [-0.4, -0.2) is 38.6 Å². The molecule has 128 valence electrons. The number of nitrogens with one attached hydrogen (secondary N) is 1. The van der Waals surface area contributed by atoms with Crippen molar-refractivity contribution in [2.75, 3.05) is 27.7 Å². The summed E-state index contributed by atoms with van der Waals surface area (Å²) in [5, 5.41) is 3.39. The lowest BCUT2D eigenvalue weighted by Gasteiger charge is -2.25. The molecule has 2 aromatic carbocycles. The summed E-state index contributed by atoms with van der Waals surface area (Å²) < 4.78 is 6.09. The van der Waals surface area contributed by atoms with Crippen molar-refractivity contribution in [2.45, 2.75) is 6.04 Å². The van der Waals surface area contributed by atoms with Crippen molar-refractivity contribution < 1.29 is 9.53 Å².